The van der Waals surface area contributed by atoms with Gasteiger partial charge in [0.15, 0.2) is 11.4 Å². The highest BCUT2D eigenvalue weighted by Gasteiger charge is 2.34. The first-order valence-electron chi connectivity index (χ1n) is 9.70. The van der Waals surface area contributed by atoms with E-state index in [1.54, 1.807) is 13.1 Å². The van der Waals surface area contributed by atoms with E-state index < -0.39 is 29.6 Å². The molecule has 2 N–H and O–H groups in total. The highest BCUT2D eigenvalue weighted by atomic mass is 19.4. The van der Waals surface area contributed by atoms with E-state index in [0.29, 0.717) is 18.8 Å². The van der Waals surface area contributed by atoms with Crippen LogP contribution in [-0.2, 0) is 24.1 Å². The Morgan fingerprint density at radius 1 is 1.20 bits per heavy atom. The molecule has 2 amide bonds. The number of nitrogens with zero attached hydrogens (tertiary/aromatic N) is 4. The predicted octanol–water partition coefficient (Wildman–Crippen LogP) is 3.09. The first kappa shape index (κ1) is 23.4. The zero-order valence-corrected chi connectivity index (χ0v) is 17.7. The number of alkyl halides is 3. The van der Waals surface area contributed by atoms with Gasteiger partial charge in [-0.15, -0.1) is 0 Å². The number of halogens is 3. The molecule has 0 aliphatic heterocycles. The van der Waals surface area contributed by atoms with Crippen LogP contribution >= 0.6 is 0 Å². The summed E-state index contributed by atoms with van der Waals surface area (Å²) >= 11 is 0. The first-order chi connectivity index (χ1) is 13.9. The molecule has 8 nitrogen and oxygen atoms in total. The molecule has 2 rings (SSSR count). The Morgan fingerprint density at radius 2 is 1.87 bits per heavy atom. The average molecular weight is 428 g/mol. The SMILES string of the molecule is CCn1cc(NC(=O)C(C)Cn2nc(C(F)(F)F)cc2C)c(C(=O)NCC(C)C)n1. The Hall–Kier alpha value is -2.85. The molecule has 1 unspecified atom stereocenters. The van der Waals surface area contributed by atoms with E-state index in [9.17, 15) is 22.8 Å². The van der Waals surface area contributed by atoms with Crippen molar-refractivity contribution in [1.82, 2.24) is 24.9 Å². The van der Waals surface area contributed by atoms with Crippen LogP contribution in [0.25, 0.3) is 0 Å². The minimum atomic E-state index is -4.55. The van der Waals surface area contributed by atoms with Crippen molar-refractivity contribution < 1.29 is 22.8 Å². The lowest BCUT2D eigenvalue weighted by Gasteiger charge is -2.13. The summed E-state index contributed by atoms with van der Waals surface area (Å²) in [6.45, 7) is 9.75. The second-order valence-electron chi connectivity index (χ2n) is 7.59. The number of aromatic nitrogens is 4. The molecule has 0 saturated carbocycles. The van der Waals surface area contributed by atoms with E-state index in [2.05, 4.69) is 20.8 Å². The van der Waals surface area contributed by atoms with Crippen LogP contribution in [0.2, 0.25) is 0 Å². The van der Waals surface area contributed by atoms with E-state index in [-0.39, 0.29) is 23.8 Å². The molecule has 0 radical (unpaired) electrons. The summed E-state index contributed by atoms with van der Waals surface area (Å²) in [6, 6.07) is 0.938. The van der Waals surface area contributed by atoms with Gasteiger partial charge in [0.25, 0.3) is 5.91 Å². The topological polar surface area (TPSA) is 93.8 Å². The maximum absolute atomic E-state index is 12.8. The maximum atomic E-state index is 12.8. The standard InChI is InChI=1S/C19H27F3N6O2/c1-6-27-10-14(16(26-27)18(30)23-8-11(2)3)24-17(29)12(4)9-28-13(5)7-15(25-28)19(20,21)22/h7,10-12H,6,8-9H2,1-5H3,(H,23,30)(H,24,29). The Balaban J connectivity index is 2.12. The number of amides is 2. The largest absolute Gasteiger partial charge is 0.435 e. The smallest absolute Gasteiger partial charge is 0.350 e. The average Bonchev–Trinajstić information content (AvgIpc) is 3.23. The molecular formula is C19H27F3N6O2. The number of rotatable bonds is 8. The predicted molar refractivity (Wildman–Crippen MR) is 105 cm³/mol. The van der Waals surface area contributed by atoms with Gasteiger partial charge in [0.1, 0.15) is 0 Å². The molecule has 0 fully saturated rings. The van der Waals surface area contributed by atoms with Gasteiger partial charge in [0.2, 0.25) is 5.91 Å². The molecule has 0 aliphatic carbocycles. The van der Waals surface area contributed by atoms with Crippen LogP contribution in [0.5, 0.6) is 0 Å². The van der Waals surface area contributed by atoms with Crippen molar-refractivity contribution in [3.05, 3.63) is 29.3 Å². The van der Waals surface area contributed by atoms with E-state index in [0.717, 1.165) is 10.7 Å². The van der Waals surface area contributed by atoms with Crippen molar-refractivity contribution in [2.45, 2.75) is 53.9 Å². The van der Waals surface area contributed by atoms with Crippen LogP contribution in [-0.4, -0.2) is 37.9 Å². The molecule has 11 heteroatoms. The number of anilines is 1. The van der Waals surface area contributed by atoms with E-state index >= 15 is 0 Å². The summed E-state index contributed by atoms with van der Waals surface area (Å²) in [4.78, 5) is 25.1. The second-order valence-corrected chi connectivity index (χ2v) is 7.59. The summed E-state index contributed by atoms with van der Waals surface area (Å²) in [6.07, 6.45) is -3.00. The highest BCUT2D eigenvalue weighted by Crippen LogP contribution is 2.28. The van der Waals surface area contributed by atoms with Gasteiger partial charge in [0.05, 0.1) is 18.2 Å². The summed E-state index contributed by atoms with van der Waals surface area (Å²) in [7, 11) is 0. The molecule has 2 aromatic rings. The van der Waals surface area contributed by atoms with Crippen molar-refractivity contribution in [3.8, 4) is 0 Å². The third-order valence-corrected chi connectivity index (χ3v) is 4.40. The molecule has 0 spiro atoms. The number of carbonyl (C=O) groups is 2. The molecule has 2 heterocycles. The molecule has 30 heavy (non-hydrogen) atoms. The van der Waals surface area contributed by atoms with Crippen molar-refractivity contribution >= 4 is 17.5 Å². The van der Waals surface area contributed by atoms with Gasteiger partial charge >= 0.3 is 6.18 Å². The van der Waals surface area contributed by atoms with E-state index in [1.165, 1.54) is 11.6 Å². The van der Waals surface area contributed by atoms with Gasteiger partial charge in [-0.3, -0.25) is 19.0 Å². The minimum Gasteiger partial charge on any atom is -0.350 e. The Labute approximate surface area is 172 Å². The molecule has 0 aliphatic rings. The summed E-state index contributed by atoms with van der Waals surface area (Å²) in [5, 5.41) is 13.2. The van der Waals surface area contributed by atoms with Crippen LogP contribution in [0.4, 0.5) is 18.9 Å². The fraction of sp³-hybridized carbons (Fsp3) is 0.579. The van der Waals surface area contributed by atoms with Gasteiger partial charge in [-0.25, -0.2) is 0 Å². The van der Waals surface area contributed by atoms with Crippen molar-refractivity contribution in [2.75, 3.05) is 11.9 Å². The Morgan fingerprint density at radius 3 is 2.40 bits per heavy atom. The number of carbonyl (C=O) groups excluding carboxylic acids is 2. The van der Waals surface area contributed by atoms with Gasteiger partial charge in [0, 0.05) is 25.0 Å². The maximum Gasteiger partial charge on any atom is 0.435 e. The molecule has 166 valence electrons. The molecule has 1 atom stereocenters. The van der Waals surface area contributed by atoms with Crippen LogP contribution in [0.3, 0.4) is 0 Å². The summed E-state index contributed by atoms with van der Waals surface area (Å²) < 4.78 is 41.2. The molecule has 0 aromatic carbocycles. The summed E-state index contributed by atoms with van der Waals surface area (Å²) in [5.74, 6) is -1.30. The summed E-state index contributed by atoms with van der Waals surface area (Å²) in [5.41, 5.74) is -0.355. The van der Waals surface area contributed by atoms with Gasteiger partial charge in [-0.05, 0) is 25.8 Å². The third-order valence-electron chi connectivity index (χ3n) is 4.40. The minimum absolute atomic E-state index is 0.0372. The lowest BCUT2D eigenvalue weighted by atomic mass is 10.1. The number of aryl methyl sites for hydroxylation is 2. The van der Waals surface area contributed by atoms with Crippen molar-refractivity contribution in [3.63, 3.8) is 0 Å². The first-order valence-corrected chi connectivity index (χ1v) is 9.70. The quantitative estimate of drug-likeness (QED) is 0.676. The van der Waals surface area contributed by atoms with Gasteiger partial charge in [-0.2, -0.15) is 23.4 Å². The Bertz CT molecular complexity index is 901. The molecular weight excluding hydrogens is 401 g/mol. The molecule has 0 saturated heterocycles. The number of nitrogens with one attached hydrogen (secondary N) is 2. The second kappa shape index (κ2) is 9.31. The fourth-order valence-corrected chi connectivity index (χ4v) is 2.65. The van der Waals surface area contributed by atoms with Crippen molar-refractivity contribution in [1.29, 1.82) is 0 Å². The molecule has 2 aromatic heterocycles. The Kier molecular flexibility index (Phi) is 7.27. The van der Waals surface area contributed by atoms with E-state index in [1.807, 2.05) is 20.8 Å². The highest BCUT2D eigenvalue weighted by molar-refractivity contribution is 6.02. The molecule has 0 bridgehead atoms. The monoisotopic (exact) mass is 428 g/mol. The van der Waals surface area contributed by atoms with Gasteiger partial charge in [-0.1, -0.05) is 20.8 Å². The van der Waals surface area contributed by atoms with E-state index in [4.69, 9.17) is 0 Å². The van der Waals surface area contributed by atoms with Crippen LogP contribution in [0.1, 0.15) is 49.6 Å². The van der Waals surface area contributed by atoms with Crippen LogP contribution in [0, 0.1) is 18.8 Å². The number of hydrogen-bond donors (Lipinski definition) is 2. The normalized spacial score (nSPS) is 12.8. The lowest BCUT2D eigenvalue weighted by Crippen LogP contribution is -2.30. The number of hydrogen-bond acceptors (Lipinski definition) is 4. The zero-order valence-electron chi connectivity index (χ0n) is 17.7. The van der Waals surface area contributed by atoms with Crippen LogP contribution in [0.15, 0.2) is 12.3 Å². The van der Waals surface area contributed by atoms with Gasteiger partial charge < -0.3 is 10.6 Å². The van der Waals surface area contributed by atoms with Crippen LogP contribution < -0.4 is 10.6 Å². The fourth-order valence-electron chi connectivity index (χ4n) is 2.65. The lowest BCUT2D eigenvalue weighted by molar-refractivity contribution is -0.141. The van der Waals surface area contributed by atoms with Crippen molar-refractivity contribution in [2.24, 2.45) is 11.8 Å². The zero-order chi connectivity index (χ0) is 22.6. The third kappa shape index (κ3) is 5.83.